The van der Waals surface area contributed by atoms with E-state index in [0.29, 0.717) is 31.6 Å². The molecule has 0 saturated heterocycles. The van der Waals surface area contributed by atoms with Gasteiger partial charge in [0, 0.05) is 24.1 Å². The zero-order chi connectivity index (χ0) is 17.5. The second-order valence-corrected chi connectivity index (χ2v) is 8.31. The van der Waals surface area contributed by atoms with E-state index < -0.39 is 5.97 Å². The highest BCUT2D eigenvalue weighted by atomic mass is 16.4. The molecule has 0 aromatic heterocycles. The maximum Gasteiger partial charge on any atom is 0.306 e. The Balaban J connectivity index is 1.78. The number of carbonyl (C=O) groups is 2. The highest BCUT2D eigenvalue weighted by Crippen LogP contribution is 2.46. The van der Waals surface area contributed by atoms with E-state index in [-0.39, 0.29) is 23.2 Å². The summed E-state index contributed by atoms with van der Waals surface area (Å²) in [6.07, 6.45) is 2.61. The Labute approximate surface area is 143 Å². The molecule has 1 aliphatic heterocycles. The van der Waals surface area contributed by atoms with Gasteiger partial charge in [0.1, 0.15) is 0 Å². The molecule has 4 heteroatoms. The Morgan fingerprint density at radius 2 is 1.62 bits per heavy atom. The fourth-order valence-electron chi connectivity index (χ4n) is 4.16. The van der Waals surface area contributed by atoms with Crippen molar-refractivity contribution in [2.24, 2.45) is 17.3 Å². The van der Waals surface area contributed by atoms with Crippen LogP contribution in [0, 0.1) is 17.3 Å². The minimum atomic E-state index is -0.722. The van der Waals surface area contributed by atoms with Crippen molar-refractivity contribution in [2.75, 3.05) is 11.4 Å². The summed E-state index contributed by atoms with van der Waals surface area (Å²) < 4.78 is 0. The van der Waals surface area contributed by atoms with Gasteiger partial charge in [-0.05, 0) is 42.7 Å². The van der Waals surface area contributed by atoms with Crippen molar-refractivity contribution in [1.29, 1.82) is 0 Å². The highest BCUT2D eigenvalue weighted by Gasteiger charge is 2.41. The Bertz CT molecular complexity index is 639. The average molecular weight is 329 g/mol. The number of hydrogen-bond donors (Lipinski definition) is 1. The van der Waals surface area contributed by atoms with Gasteiger partial charge in [-0.15, -0.1) is 0 Å². The molecule has 1 amide bonds. The summed E-state index contributed by atoms with van der Waals surface area (Å²) in [7, 11) is 0. The van der Waals surface area contributed by atoms with Gasteiger partial charge in [0.15, 0.2) is 0 Å². The van der Waals surface area contributed by atoms with Gasteiger partial charge in [0.2, 0.25) is 5.91 Å². The van der Waals surface area contributed by atoms with Crippen LogP contribution in [0.2, 0.25) is 0 Å². The van der Waals surface area contributed by atoms with Crippen molar-refractivity contribution >= 4 is 17.6 Å². The number of carboxylic acids is 1. The van der Waals surface area contributed by atoms with E-state index in [1.807, 2.05) is 23.1 Å². The molecule has 0 radical (unpaired) electrons. The van der Waals surface area contributed by atoms with E-state index in [1.54, 1.807) is 0 Å². The molecule has 3 rings (SSSR count). The minimum absolute atomic E-state index is 0.0348. The van der Waals surface area contributed by atoms with Gasteiger partial charge in [-0.1, -0.05) is 39.0 Å². The van der Waals surface area contributed by atoms with Crippen LogP contribution in [0.1, 0.15) is 57.9 Å². The minimum Gasteiger partial charge on any atom is -0.481 e. The summed E-state index contributed by atoms with van der Waals surface area (Å²) in [6.45, 7) is 7.40. The smallest absolute Gasteiger partial charge is 0.306 e. The van der Waals surface area contributed by atoms with Crippen LogP contribution in [-0.4, -0.2) is 23.5 Å². The van der Waals surface area contributed by atoms with Crippen molar-refractivity contribution in [2.45, 2.75) is 52.4 Å². The first-order chi connectivity index (χ1) is 11.3. The van der Waals surface area contributed by atoms with Crippen LogP contribution in [0.4, 0.5) is 5.69 Å². The van der Waals surface area contributed by atoms with Gasteiger partial charge >= 0.3 is 5.97 Å². The number of rotatable bonds is 2. The predicted octanol–water partition coefficient (Wildman–Crippen LogP) is 4.05. The largest absolute Gasteiger partial charge is 0.481 e. The molecule has 1 aliphatic carbocycles. The number of para-hydroxylation sites is 1. The fraction of sp³-hybridized carbons (Fsp3) is 0.600. The molecule has 24 heavy (non-hydrogen) atoms. The molecular formula is C20H27NO3. The summed E-state index contributed by atoms with van der Waals surface area (Å²) in [6, 6.07) is 8.22. The molecule has 1 heterocycles. The number of benzene rings is 1. The lowest BCUT2D eigenvalue weighted by molar-refractivity contribution is -0.144. The van der Waals surface area contributed by atoms with Gasteiger partial charge < -0.3 is 10.0 Å². The van der Waals surface area contributed by atoms with Gasteiger partial charge in [-0.2, -0.15) is 0 Å². The van der Waals surface area contributed by atoms with E-state index in [9.17, 15) is 9.59 Å². The topological polar surface area (TPSA) is 57.6 Å². The average Bonchev–Trinajstić information content (AvgIpc) is 2.94. The summed E-state index contributed by atoms with van der Waals surface area (Å²) in [5.41, 5.74) is 2.41. The van der Waals surface area contributed by atoms with Crippen LogP contribution in [0.3, 0.4) is 0 Å². The zero-order valence-corrected chi connectivity index (χ0v) is 14.8. The quantitative estimate of drug-likeness (QED) is 0.890. The second kappa shape index (κ2) is 6.23. The number of fused-ring (bicyclic) bond motifs is 1. The molecule has 1 N–H and O–H groups in total. The summed E-state index contributed by atoms with van der Waals surface area (Å²) in [4.78, 5) is 26.2. The molecule has 0 spiro atoms. The molecule has 1 unspecified atom stereocenters. The van der Waals surface area contributed by atoms with E-state index in [4.69, 9.17) is 5.11 Å². The lowest BCUT2D eigenvalue weighted by atomic mass is 9.77. The van der Waals surface area contributed by atoms with Crippen LogP contribution >= 0.6 is 0 Å². The lowest BCUT2D eigenvalue weighted by Gasteiger charge is -2.31. The highest BCUT2D eigenvalue weighted by molar-refractivity contribution is 5.97. The molecule has 130 valence electrons. The number of aliphatic carboxylic acids is 1. The monoisotopic (exact) mass is 329 g/mol. The first-order valence-electron chi connectivity index (χ1n) is 8.92. The van der Waals surface area contributed by atoms with Crippen LogP contribution in [0.25, 0.3) is 0 Å². The Kier molecular flexibility index (Phi) is 4.41. The van der Waals surface area contributed by atoms with Crippen LogP contribution in [0.15, 0.2) is 24.3 Å². The van der Waals surface area contributed by atoms with E-state index in [2.05, 4.69) is 26.8 Å². The van der Waals surface area contributed by atoms with Gasteiger partial charge in [-0.25, -0.2) is 0 Å². The second-order valence-electron chi connectivity index (χ2n) is 8.31. The number of nitrogens with zero attached hydrogens (tertiary/aromatic N) is 1. The molecule has 1 fully saturated rings. The SMILES string of the molecule is CC(C)(C)C1CN(C(=O)C2CCC(C(=O)O)CC2)c2ccccc21. The Morgan fingerprint density at radius 3 is 2.21 bits per heavy atom. The van der Waals surface area contributed by atoms with Crippen LogP contribution in [-0.2, 0) is 9.59 Å². The third-order valence-corrected chi connectivity index (χ3v) is 5.71. The third-order valence-electron chi connectivity index (χ3n) is 5.71. The number of anilines is 1. The zero-order valence-electron chi connectivity index (χ0n) is 14.8. The van der Waals surface area contributed by atoms with E-state index in [1.165, 1.54) is 5.56 Å². The van der Waals surface area contributed by atoms with Crippen LogP contribution in [0.5, 0.6) is 0 Å². The molecule has 0 bridgehead atoms. The van der Waals surface area contributed by atoms with Crippen molar-refractivity contribution in [3.63, 3.8) is 0 Å². The number of carboxylic acid groups (broad SMARTS) is 1. The maximum absolute atomic E-state index is 13.1. The molecule has 2 aliphatic rings. The van der Waals surface area contributed by atoms with Crippen molar-refractivity contribution in [3.8, 4) is 0 Å². The van der Waals surface area contributed by atoms with E-state index in [0.717, 1.165) is 12.2 Å². The fourth-order valence-corrected chi connectivity index (χ4v) is 4.16. The predicted molar refractivity (Wildman–Crippen MR) is 94.1 cm³/mol. The van der Waals surface area contributed by atoms with Crippen LogP contribution < -0.4 is 4.90 Å². The van der Waals surface area contributed by atoms with Crippen molar-refractivity contribution in [3.05, 3.63) is 29.8 Å². The normalized spacial score (nSPS) is 27.0. The summed E-state index contributed by atoms with van der Waals surface area (Å²) >= 11 is 0. The number of amides is 1. The van der Waals surface area contributed by atoms with Gasteiger partial charge in [-0.3, -0.25) is 9.59 Å². The molecule has 1 aromatic rings. The molecule has 1 aromatic carbocycles. The maximum atomic E-state index is 13.1. The molecule has 4 nitrogen and oxygen atoms in total. The first-order valence-corrected chi connectivity index (χ1v) is 8.92. The number of carbonyl (C=O) groups excluding carboxylic acids is 1. The third kappa shape index (κ3) is 3.06. The Morgan fingerprint density at radius 1 is 1.04 bits per heavy atom. The lowest BCUT2D eigenvalue weighted by Crippen LogP contribution is -2.38. The molecule has 1 atom stereocenters. The summed E-state index contributed by atoms with van der Waals surface area (Å²) in [5.74, 6) is -0.513. The standard InChI is InChI=1S/C20H27NO3/c1-20(2,3)16-12-21(17-7-5-4-6-15(16)17)18(22)13-8-10-14(11-9-13)19(23)24/h4-7,13-14,16H,8-12H2,1-3H3,(H,23,24). The molecule has 1 saturated carbocycles. The van der Waals surface area contributed by atoms with E-state index >= 15 is 0 Å². The van der Waals surface area contributed by atoms with Crippen molar-refractivity contribution in [1.82, 2.24) is 0 Å². The number of hydrogen-bond acceptors (Lipinski definition) is 2. The molecular weight excluding hydrogens is 302 g/mol. The van der Waals surface area contributed by atoms with Gasteiger partial charge in [0.05, 0.1) is 5.92 Å². The van der Waals surface area contributed by atoms with Gasteiger partial charge in [0.25, 0.3) is 0 Å². The Hall–Kier alpha value is -1.84. The first kappa shape index (κ1) is 17.0. The van der Waals surface area contributed by atoms with Crippen molar-refractivity contribution < 1.29 is 14.7 Å². The summed E-state index contributed by atoms with van der Waals surface area (Å²) in [5, 5.41) is 9.13.